The quantitative estimate of drug-likeness (QED) is 0.714. The third kappa shape index (κ3) is 4.13. The van der Waals surface area contributed by atoms with Gasteiger partial charge in [-0.05, 0) is 29.8 Å². The molecule has 1 heterocycles. The van der Waals surface area contributed by atoms with Crippen molar-refractivity contribution in [3.63, 3.8) is 0 Å². The van der Waals surface area contributed by atoms with E-state index in [-0.39, 0.29) is 10.9 Å². The van der Waals surface area contributed by atoms with Crippen LogP contribution < -0.4 is 10.1 Å². The van der Waals surface area contributed by atoms with Gasteiger partial charge in [0.2, 0.25) is 0 Å². The van der Waals surface area contributed by atoms with Gasteiger partial charge in [0, 0.05) is 6.20 Å². The summed E-state index contributed by atoms with van der Waals surface area (Å²) in [5, 5.41) is 7.58. The third-order valence-corrected chi connectivity index (χ3v) is 4.38. The Kier molecular flexibility index (Phi) is 5.26. The van der Waals surface area contributed by atoms with Gasteiger partial charge in [-0.3, -0.25) is 9.48 Å². The Balaban J connectivity index is 1.71. The molecular weight excluding hydrogens is 361 g/mol. The summed E-state index contributed by atoms with van der Waals surface area (Å²) in [6.07, 6.45) is 3.33. The van der Waals surface area contributed by atoms with Gasteiger partial charge in [0.15, 0.2) is 0 Å². The summed E-state index contributed by atoms with van der Waals surface area (Å²) in [6, 6.07) is 12.6. The minimum atomic E-state index is -0.339. The standard InChI is InChI=1S/C18H15Cl2N3O2/c1-25-14-5-2-4-12(8-14)10-23-11-13(9-21-23)22-18(24)15-6-3-7-16(19)17(15)20/h2-9,11H,10H2,1H3,(H,22,24). The van der Waals surface area contributed by atoms with Crippen LogP contribution >= 0.6 is 23.2 Å². The van der Waals surface area contributed by atoms with Crippen LogP contribution in [0.15, 0.2) is 54.9 Å². The zero-order valence-electron chi connectivity index (χ0n) is 13.4. The van der Waals surface area contributed by atoms with Crippen molar-refractivity contribution >= 4 is 34.8 Å². The van der Waals surface area contributed by atoms with Gasteiger partial charge in [0.25, 0.3) is 5.91 Å². The molecule has 1 amide bonds. The molecule has 5 nitrogen and oxygen atoms in total. The highest BCUT2D eigenvalue weighted by atomic mass is 35.5. The first-order chi connectivity index (χ1) is 12.1. The van der Waals surface area contributed by atoms with Crippen molar-refractivity contribution in [3.8, 4) is 5.75 Å². The summed E-state index contributed by atoms with van der Waals surface area (Å²) in [5.41, 5.74) is 1.93. The maximum absolute atomic E-state index is 12.3. The van der Waals surface area contributed by atoms with Gasteiger partial charge in [0.1, 0.15) is 5.75 Å². The maximum atomic E-state index is 12.3. The first-order valence-corrected chi connectivity index (χ1v) is 8.23. The highest BCUT2D eigenvalue weighted by Crippen LogP contribution is 2.26. The number of methoxy groups -OCH3 is 1. The number of nitrogens with one attached hydrogen (secondary N) is 1. The molecule has 0 spiro atoms. The molecule has 0 saturated carbocycles. The minimum absolute atomic E-state index is 0.227. The zero-order valence-corrected chi connectivity index (χ0v) is 14.9. The second kappa shape index (κ2) is 7.59. The second-order valence-corrected chi connectivity index (χ2v) is 6.12. The van der Waals surface area contributed by atoms with E-state index in [1.165, 1.54) is 0 Å². The van der Waals surface area contributed by atoms with Gasteiger partial charge < -0.3 is 10.1 Å². The molecule has 0 fully saturated rings. The van der Waals surface area contributed by atoms with Crippen LogP contribution in [0.1, 0.15) is 15.9 Å². The van der Waals surface area contributed by atoms with Gasteiger partial charge >= 0.3 is 0 Å². The first-order valence-electron chi connectivity index (χ1n) is 7.47. The van der Waals surface area contributed by atoms with Crippen molar-refractivity contribution in [3.05, 3.63) is 76.0 Å². The van der Waals surface area contributed by atoms with E-state index >= 15 is 0 Å². The lowest BCUT2D eigenvalue weighted by Gasteiger charge is -2.06. The monoisotopic (exact) mass is 375 g/mol. The Hall–Kier alpha value is -2.50. The van der Waals surface area contributed by atoms with Crippen molar-refractivity contribution in [2.24, 2.45) is 0 Å². The van der Waals surface area contributed by atoms with Gasteiger partial charge in [-0.25, -0.2) is 0 Å². The molecule has 1 aromatic heterocycles. The van der Waals surface area contributed by atoms with Crippen LogP contribution in [0.3, 0.4) is 0 Å². The topological polar surface area (TPSA) is 56.1 Å². The molecule has 0 radical (unpaired) electrons. The van der Waals surface area contributed by atoms with Crippen LogP contribution in [0, 0.1) is 0 Å². The molecule has 0 bridgehead atoms. The predicted molar refractivity (Wildman–Crippen MR) is 98.7 cm³/mol. The summed E-state index contributed by atoms with van der Waals surface area (Å²) in [5.74, 6) is 0.446. The maximum Gasteiger partial charge on any atom is 0.257 e. The van der Waals surface area contributed by atoms with Gasteiger partial charge in [-0.1, -0.05) is 41.4 Å². The first kappa shape index (κ1) is 17.3. The number of anilines is 1. The third-order valence-electron chi connectivity index (χ3n) is 3.57. The Bertz CT molecular complexity index is 909. The summed E-state index contributed by atoms with van der Waals surface area (Å²) >= 11 is 12.0. The van der Waals surface area contributed by atoms with E-state index in [0.29, 0.717) is 22.8 Å². The normalized spacial score (nSPS) is 10.5. The van der Waals surface area contributed by atoms with Crippen LogP contribution in [0.2, 0.25) is 10.0 Å². The molecule has 0 atom stereocenters. The number of aromatic nitrogens is 2. The van der Waals surface area contributed by atoms with E-state index in [2.05, 4.69) is 10.4 Å². The fourth-order valence-electron chi connectivity index (χ4n) is 2.35. The molecule has 3 aromatic rings. The van der Waals surface area contributed by atoms with E-state index in [4.69, 9.17) is 27.9 Å². The molecule has 0 aliphatic heterocycles. The average molecular weight is 376 g/mol. The van der Waals surface area contributed by atoms with Crippen LogP contribution in [0.4, 0.5) is 5.69 Å². The van der Waals surface area contributed by atoms with Crippen LogP contribution in [-0.2, 0) is 6.54 Å². The number of hydrogen-bond acceptors (Lipinski definition) is 3. The number of rotatable bonds is 5. The second-order valence-electron chi connectivity index (χ2n) is 5.33. The average Bonchev–Trinajstić information content (AvgIpc) is 3.04. The van der Waals surface area contributed by atoms with Crippen LogP contribution in [0.5, 0.6) is 5.75 Å². The fraction of sp³-hybridized carbons (Fsp3) is 0.111. The molecule has 0 aliphatic rings. The van der Waals surface area contributed by atoms with E-state index in [0.717, 1.165) is 11.3 Å². The Morgan fingerprint density at radius 3 is 2.84 bits per heavy atom. The highest BCUT2D eigenvalue weighted by Gasteiger charge is 2.13. The summed E-state index contributed by atoms with van der Waals surface area (Å²) in [4.78, 5) is 12.3. The van der Waals surface area contributed by atoms with E-state index in [9.17, 15) is 4.79 Å². The largest absolute Gasteiger partial charge is 0.497 e. The number of nitrogens with zero attached hydrogens (tertiary/aromatic N) is 2. The molecule has 128 valence electrons. The lowest BCUT2D eigenvalue weighted by Crippen LogP contribution is -2.12. The van der Waals surface area contributed by atoms with E-state index in [1.807, 2.05) is 24.3 Å². The molecule has 3 rings (SSSR count). The van der Waals surface area contributed by atoms with E-state index < -0.39 is 0 Å². The number of carbonyl (C=O) groups is 1. The zero-order chi connectivity index (χ0) is 17.8. The smallest absolute Gasteiger partial charge is 0.257 e. The Morgan fingerprint density at radius 2 is 2.04 bits per heavy atom. The number of carbonyl (C=O) groups excluding carboxylic acids is 1. The van der Waals surface area contributed by atoms with Crippen LogP contribution in [-0.4, -0.2) is 22.8 Å². The Morgan fingerprint density at radius 1 is 1.24 bits per heavy atom. The lowest BCUT2D eigenvalue weighted by atomic mass is 10.2. The molecular formula is C18H15Cl2N3O2. The van der Waals surface area contributed by atoms with Crippen molar-refractivity contribution in [1.29, 1.82) is 0 Å². The van der Waals surface area contributed by atoms with Crippen molar-refractivity contribution < 1.29 is 9.53 Å². The molecule has 0 aliphatic carbocycles. The van der Waals surface area contributed by atoms with E-state index in [1.54, 1.807) is 42.4 Å². The number of amides is 1. The molecule has 0 saturated heterocycles. The van der Waals surface area contributed by atoms with Crippen LogP contribution in [0.25, 0.3) is 0 Å². The molecule has 7 heteroatoms. The Labute approximate surface area is 155 Å². The molecule has 2 aromatic carbocycles. The predicted octanol–water partition coefficient (Wildman–Crippen LogP) is 4.50. The molecule has 25 heavy (non-hydrogen) atoms. The van der Waals surface area contributed by atoms with Gasteiger partial charge in [0.05, 0.1) is 41.1 Å². The van der Waals surface area contributed by atoms with Crippen molar-refractivity contribution in [1.82, 2.24) is 9.78 Å². The summed E-state index contributed by atoms with van der Waals surface area (Å²) in [7, 11) is 1.63. The molecule has 0 unspecified atom stereocenters. The lowest BCUT2D eigenvalue weighted by molar-refractivity contribution is 0.102. The highest BCUT2D eigenvalue weighted by molar-refractivity contribution is 6.44. The summed E-state index contributed by atoms with van der Waals surface area (Å²) < 4.78 is 6.94. The minimum Gasteiger partial charge on any atom is -0.497 e. The van der Waals surface area contributed by atoms with Crippen molar-refractivity contribution in [2.45, 2.75) is 6.54 Å². The van der Waals surface area contributed by atoms with Crippen molar-refractivity contribution in [2.75, 3.05) is 12.4 Å². The molecule has 1 N–H and O–H groups in total. The number of hydrogen-bond donors (Lipinski definition) is 1. The number of halogens is 2. The summed E-state index contributed by atoms with van der Waals surface area (Å²) in [6.45, 7) is 0.561. The van der Waals surface area contributed by atoms with Gasteiger partial charge in [-0.15, -0.1) is 0 Å². The SMILES string of the molecule is COc1cccc(Cn2cc(NC(=O)c3cccc(Cl)c3Cl)cn2)c1. The van der Waals surface area contributed by atoms with Gasteiger partial charge in [-0.2, -0.15) is 5.10 Å². The number of ether oxygens (including phenoxy) is 1. The fourth-order valence-corrected chi connectivity index (χ4v) is 2.74. The number of benzene rings is 2.